The number of thiazole rings is 1. The Kier molecular flexibility index (Phi) is 4.53. The number of alkyl halides is 3. The number of aromatic carboxylic acids is 1. The topological polar surface area (TPSA) is 68.0 Å². The van der Waals surface area contributed by atoms with E-state index >= 15 is 0 Å². The van der Waals surface area contributed by atoms with E-state index in [4.69, 9.17) is 5.11 Å². The normalized spacial score (nSPS) is 11.7. The molecular formula is C16H11F4N3O2S. The van der Waals surface area contributed by atoms with Crippen molar-refractivity contribution in [3.8, 4) is 10.6 Å². The lowest BCUT2D eigenvalue weighted by Gasteiger charge is -2.09. The van der Waals surface area contributed by atoms with Crippen LogP contribution >= 0.6 is 11.3 Å². The van der Waals surface area contributed by atoms with Crippen LogP contribution < -0.4 is 0 Å². The van der Waals surface area contributed by atoms with Crippen molar-refractivity contribution in [2.45, 2.75) is 19.6 Å². The molecule has 0 atom stereocenters. The Morgan fingerprint density at radius 1 is 1.35 bits per heavy atom. The fraction of sp³-hybridized carbons (Fsp3) is 0.188. The predicted octanol–water partition coefficient (Wildman–Crippen LogP) is 4.22. The summed E-state index contributed by atoms with van der Waals surface area (Å²) in [6, 6.07) is 3.05. The summed E-state index contributed by atoms with van der Waals surface area (Å²) in [6.45, 7) is 1.82. The minimum Gasteiger partial charge on any atom is -0.478 e. The third kappa shape index (κ3) is 3.45. The van der Waals surface area contributed by atoms with Gasteiger partial charge < -0.3 is 5.11 Å². The van der Waals surface area contributed by atoms with Gasteiger partial charge in [-0.1, -0.05) is 6.07 Å². The summed E-state index contributed by atoms with van der Waals surface area (Å²) in [4.78, 5) is 15.8. The van der Waals surface area contributed by atoms with Crippen molar-refractivity contribution < 1.29 is 27.5 Å². The van der Waals surface area contributed by atoms with Gasteiger partial charge in [0.2, 0.25) is 0 Å². The average molecular weight is 385 g/mol. The van der Waals surface area contributed by atoms with E-state index < -0.39 is 23.5 Å². The molecule has 0 saturated carbocycles. The van der Waals surface area contributed by atoms with Crippen molar-refractivity contribution in [3.63, 3.8) is 0 Å². The van der Waals surface area contributed by atoms with E-state index in [-0.39, 0.29) is 22.7 Å². The van der Waals surface area contributed by atoms with Crippen LogP contribution in [0.3, 0.4) is 0 Å². The summed E-state index contributed by atoms with van der Waals surface area (Å²) in [7, 11) is 0. The second-order valence-electron chi connectivity index (χ2n) is 5.42. The quantitative estimate of drug-likeness (QED) is 0.683. The molecule has 3 aromatic rings. The third-order valence-electron chi connectivity index (χ3n) is 3.62. The van der Waals surface area contributed by atoms with Crippen molar-refractivity contribution in [1.29, 1.82) is 0 Å². The number of aryl methyl sites for hydroxylation is 1. The molecule has 2 heterocycles. The highest BCUT2D eigenvalue weighted by Gasteiger charge is 2.35. The Hall–Kier alpha value is -2.75. The summed E-state index contributed by atoms with van der Waals surface area (Å²) in [6.07, 6.45) is -2.30. The van der Waals surface area contributed by atoms with Gasteiger partial charge in [-0.15, -0.1) is 11.3 Å². The van der Waals surface area contributed by atoms with Crippen molar-refractivity contribution >= 4 is 17.3 Å². The highest BCUT2D eigenvalue weighted by atomic mass is 32.1. The Labute approximate surface area is 148 Å². The van der Waals surface area contributed by atoms with Gasteiger partial charge in [0, 0.05) is 16.6 Å². The molecule has 5 nitrogen and oxygen atoms in total. The minimum atomic E-state index is -4.79. The van der Waals surface area contributed by atoms with Crippen molar-refractivity contribution in [3.05, 3.63) is 58.1 Å². The second kappa shape index (κ2) is 6.52. The monoisotopic (exact) mass is 385 g/mol. The van der Waals surface area contributed by atoms with Gasteiger partial charge in [-0.3, -0.25) is 4.68 Å². The molecule has 0 radical (unpaired) electrons. The molecule has 0 bridgehead atoms. The molecule has 3 rings (SSSR count). The van der Waals surface area contributed by atoms with Crippen LogP contribution in [0.1, 0.15) is 26.5 Å². The average Bonchev–Trinajstić information content (AvgIpc) is 3.14. The van der Waals surface area contributed by atoms with Crippen LogP contribution in [0.5, 0.6) is 0 Å². The third-order valence-corrected chi connectivity index (χ3v) is 4.67. The molecule has 0 unspecified atom stereocenters. The molecule has 0 saturated heterocycles. The molecule has 1 aromatic carbocycles. The lowest BCUT2D eigenvalue weighted by molar-refractivity contribution is -0.139. The Bertz CT molecular complexity index is 978. The molecule has 10 heteroatoms. The fourth-order valence-corrected chi connectivity index (χ4v) is 3.26. The number of aromatic nitrogens is 3. The van der Waals surface area contributed by atoms with Crippen LogP contribution in [0.25, 0.3) is 10.6 Å². The molecule has 136 valence electrons. The molecule has 0 amide bonds. The first-order chi connectivity index (χ1) is 12.2. The first-order valence-electron chi connectivity index (χ1n) is 7.25. The lowest BCUT2D eigenvalue weighted by atomic mass is 10.1. The Morgan fingerprint density at radius 2 is 2.08 bits per heavy atom. The largest absolute Gasteiger partial charge is 0.478 e. The van der Waals surface area contributed by atoms with Gasteiger partial charge in [0.25, 0.3) is 0 Å². The number of rotatable bonds is 4. The maximum absolute atomic E-state index is 14.3. The smallest absolute Gasteiger partial charge is 0.419 e. The van der Waals surface area contributed by atoms with E-state index in [2.05, 4.69) is 10.1 Å². The van der Waals surface area contributed by atoms with Crippen LogP contribution in [0.15, 0.2) is 30.6 Å². The van der Waals surface area contributed by atoms with Gasteiger partial charge in [0.1, 0.15) is 10.8 Å². The van der Waals surface area contributed by atoms with E-state index in [1.807, 2.05) is 0 Å². The second-order valence-corrected chi connectivity index (χ2v) is 6.62. The van der Waals surface area contributed by atoms with Crippen molar-refractivity contribution in [2.24, 2.45) is 0 Å². The molecule has 1 N–H and O–H groups in total. The van der Waals surface area contributed by atoms with E-state index in [0.717, 1.165) is 17.4 Å². The molecule has 0 spiro atoms. The summed E-state index contributed by atoms with van der Waals surface area (Å²) >= 11 is 1.06. The van der Waals surface area contributed by atoms with Gasteiger partial charge >= 0.3 is 12.1 Å². The highest BCUT2D eigenvalue weighted by molar-refractivity contribution is 7.15. The zero-order valence-electron chi connectivity index (χ0n) is 13.2. The van der Waals surface area contributed by atoms with Crippen molar-refractivity contribution in [1.82, 2.24) is 14.8 Å². The van der Waals surface area contributed by atoms with E-state index in [1.54, 1.807) is 6.92 Å². The number of benzene rings is 1. The van der Waals surface area contributed by atoms with Gasteiger partial charge in [0.15, 0.2) is 0 Å². The predicted molar refractivity (Wildman–Crippen MR) is 85.5 cm³/mol. The van der Waals surface area contributed by atoms with Crippen LogP contribution in [-0.4, -0.2) is 25.8 Å². The van der Waals surface area contributed by atoms with Gasteiger partial charge in [-0.25, -0.2) is 14.2 Å². The van der Waals surface area contributed by atoms with Gasteiger partial charge in [-0.05, 0) is 19.1 Å². The van der Waals surface area contributed by atoms with Crippen LogP contribution in [0, 0.1) is 12.7 Å². The molecule has 0 aliphatic rings. The molecular weight excluding hydrogens is 374 g/mol. The zero-order chi connectivity index (χ0) is 19.1. The summed E-state index contributed by atoms with van der Waals surface area (Å²) in [5, 5.41) is 12.9. The first kappa shape index (κ1) is 18.1. The Morgan fingerprint density at radius 3 is 2.69 bits per heavy atom. The fourth-order valence-electron chi connectivity index (χ4n) is 2.32. The van der Waals surface area contributed by atoms with E-state index in [9.17, 15) is 22.4 Å². The van der Waals surface area contributed by atoms with E-state index in [0.29, 0.717) is 16.6 Å². The maximum atomic E-state index is 14.3. The molecule has 0 aliphatic heterocycles. The number of hydrogen-bond donors (Lipinski definition) is 1. The summed E-state index contributed by atoms with van der Waals surface area (Å²) in [5.41, 5.74) is -1.10. The number of carbonyl (C=O) groups is 1. The van der Waals surface area contributed by atoms with Crippen molar-refractivity contribution in [2.75, 3.05) is 0 Å². The van der Waals surface area contributed by atoms with Crippen LogP contribution in [-0.2, 0) is 12.7 Å². The van der Waals surface area contributed by atoms with Gasteiger partial charge in [-0.2, -0.15) is 18.3 Å². The van der Waals surface area contributed by atoms with E-state index in [1.165, 1.54) is 23.1 Å². The molecule has 2 aromatic heterocycles. The van der Waals surface area contributed by atoms with Crippen LogP contribution in [0.4, 0.5) is 17.6 Å². The van der Waals surface area contributed by atoms with Crippen LogP contribution in [0.2, 0.25) is 0 Å². The number of hydrogen-bond acceptors (Lipinski definition) is 4. The summed E-state index contributed by atoms with van der Waals surface area (Å²) < 4.78 is 54.2. The number of carboxylic acid groups (broad SMARTS) is 1. The lowest BCUT2D eigenvalue weighted by Crippen LogP contribution is -2.08. The molecule has 26 heavy (non-hydrogen) atoms. The zero-order valence-corrected chi connectivity index (χ0v) is 14.0. The minimum absolute atomic E-state index is 0.00188. The first-order valence-corrected chi connectivity index (χ1v) is 8.06. The Balaban J connectivity index is 1.94. The number of carboxylic acids is 1. The molecule has 0 aliphatic carbocycles. The molecule has 0 fully saturated rings. The van der Waals surface area contributed by atoms with Gasteiger partial charge in [0.05, 0.1) is 29.6 Å². The number of nitrogens with zero attached hydrogens (tertiary/aromatic N) is 3. The SMILES string of the molecule is Cc1sc(-c2cccc(C(F)(F)F)c2F)nc1Cn1cc(C(=O)O)cn1. The summed E-state index contributed by atoms with van der Waals surface area (Å²) in [5.74, 6) is -2.49. The standard InChI is InChI=1S/C16H11F4N3O2S/c1-8-12(7-23-6-9(5-21-23)15(24)25)22-14(26-8)10-3-2-4-11(13(10)17)16(18,19)20/h2-6H,7H2,1H3,(H,24,25). The number of halogens is 4. The maximum Gasteiger partial charge on any atom is 0.419 e. The highest BCUT2D eigenvalue weighted by Crippen LogP contribution is 2.37.